The maximum Gasteiger partial charge on any atom is 0.0184 e. The van der Waals surface area contributed by atoms with E-state index in [9.17, 15) is 0 Å². The van der Waals surface area contributed by atoms with Gasteiger partial charge in [0.2, 0.25) is 0 Å². The molecule has 1 rings (SSSR count). The Morgan fingerprint density at radius 3 is 2.27 bits per heavy atom. The Bertz CT molecular complexity index is 128. The van der Waals surface area contributed by atoms with Crippen LogP contribution in [0.4, 0.5) is 0 Å². The van der Waals surface area contributed by atoms with Gasteiger partial charge in [-0.2, -0.15) is 11.8 Å². The van der Waals surface area contributed by atoms with Crippen molar-refractivity contribution in [1.29, 1.82) is 0 Å². The molecule has 1 atom stereocenters. The molecule has 1 fully saturated rings. The van der Waals surface area contributed by atoms with Crippen LogP contribution in [0.2, 0.25) is 0 Å². The highest BCUT2D eigenvalue weighted by Gasteiger charge is 2.29. The first-order chi connectivity index (χ1) is 5.04. The summed E-state index contributed by atoms with van der Waals surface area (Å²) in [7, 11) is 0. The smallest absolute Gasteiger partial charge is 0.0184 e. The molecule has 2 heteroatoms. The molecule has 0 aromatic rings. The van der Waals surface area contributed by atoms with Gasteiger partial charge in [0, 0.05) is 17.3 Å². The van der Waals surface area contributed by atoms with Crippen molar-refractivity contribution in [3.63, 3.8) is 0 Å². The van der Waals surface area contributed by atoms with Gasteiger partial charge >= 0.3 is 0 Å². The van der Waals surface area contributed by atoms with Gasteiger partial charge in [0.05, 0.1) is 0 Å². The Balaban J connectivity index is 2.42. The normalized spacial score (nSPS) is 27.8. The summed E-state index contributed by atoms with van der Waals surface area (Å²) in [6.45, 7) is 9.47. The zero-order valence-corrected chi connectivity index (χ0v) is 8.87. The molecule has 0 saturated carbocycles. The lowest BCUT2D eigenvalue weighted by molar-refractivity contribution is 0.176. The fourth-order valence-electron chi connectivity index (χ4n) is 1.53. The van der Waals surface area contributed by atoms with Gasteiger partial charge in [-0.3, -0.25) is 4.90 Å². The lowest BCUT2D eigenvalue weighted by atomic mass is 10.1. The van der Waals surface area contributed by atoms with E-state index >= 15 is 0 Å². The third-order valence-corrected chi connectivity index (χ3v) is 3.48. The monoisotopic (exact) mass is 173 g/mol. The molecule has 0 N–H and O–H groups in total. The first-order valence-corrected chi connectivity index (χ1v) is 5.60. The van der Waals surface area contributed by atoms with Crippen molar-refractivity contribution >= 4 is 11.8 Å². The number of nitrogens with zero attached hydrogens (tertiary/aromatic N) is 1. The molecule has 0 aromatic carbocycles. The third-order valence-electron chi connectivity index (χ3n) is 2.43. The molecule has 0 aromatic heterocycles. The first kappa shape index (κ1) is 9.40. The van der Waals surface area contributed by atoms with Crippen LogP contribution in [-0.2, 0) is 0 Å². The van der Waals surface area contributed by atoms with Crippen molar-refractivity contribution in [2.75, 3.05) is 19.3 Å². The molecule has 1 unspecified atom stereocenters. The molecular weight excluding hydrogens is 154 g/mol. The van der Waals surface area contributed by atoms with Gasteiger partial charge in [-0.15, -0.1) is 0 Å². The SMILES string of the molecule is CSC1CCN(C(C)(C)C)C1. The van der Waals surface area contributed by atoms with Gasteiger partial charge in [0.15, 0.2) is 0 Å². The molecule has 0 aliphatic carbocycles. The number of thioether (sulfide) groups is 1. The summed E-state index contributed by atoms with van der Waals surface area (Å²) in [5, 5.41) is 0.884. The molecule has 1 aliphatic rings. The summed E-state index contributed by atoms with van der Waals surface area (Å²) >= 11 is 2.01. The van der Waals surface area contributed by atoms with E-state index in [0.29, 0.717) is 5.54 Å². The molecule has 66 valence electrons. The molecule has 0 amide bonds. The molecule has 0 radical (unpaired) electrons. The summed E-state index contributed by atoms with van der Waals surface area (Å²) in [6.07, 6.45) is 3.59. The Kier molecular flexibility index (Phi) is 2.87. The van der Waals surface area contributed by atoms with E-state index in [1.54, 1.807) is 0 Å². The van der Waals surface area contributed by atoms with E-state index in [4.69, 9.17) is 0 Å². The number of likely N-dealkylation sites (tertiary alicyclic amines) is 1. The largest absolute Gasteiger partial charge is 0.297 e. The minimum absolute atomic E-state index is 0.379. The number of hydrogen-bond acceptors (Lipinski definition) is 2. The Morgan fingerprint density at radius 1 is 1.36 bits per heavy atom. The van der Waals surface area contributed by atoms with E-state index in [1.165, 1.54) is 19.5 Å². The molecule has 1 saturated heterocycles. The molecular formula is C9H19NS. The molecule has 11 heavy (non-hydrogen) atoms. The summed E-state index contributed by atoms with van der Waals surface area (Å²) in [5.41, 5.74) is 0.379. The number of rotatable bonds is 1. The average Bonchev–Trinajstić information content (AvgIpc) is 2.32. The van der Waals surface area contributed by atoms with E-state index in [2.05, 4.69) is 31.9 Å². The fraction of sp³-hybridized carbons (Fsp3) is 1.00. The predicted molar refractivity (Wildman–Crippen MR) is 53.2 cm³/mol. The lowest BCUT2D eigenvalue weighted by Gasteiger charge is -2.31. The standard InChI is InChI=1S/C9H19NS/c1-9(2,3)10-6-5-8(7-10)11-4/h8H,5-7H2,1-4H3. The van der Waals surface area contributed by atoms with Crippen LogP contribution in [0.5, 0.6) is 0 Å². The van der Waals surface area contributed by atoms with Gasteiger partial charge in [0.25, 0.3) is 0 Å². The highest BCUT2D eigenvalue weighted by atomic mass is 32.2. The molecule has 1 aliphatic heterocycles. The van der Waals surface area contributed by atoms with Crippen LogP contribution in [0, 0.1) is 0 Å². The Morgan fingerprint density at radius 2 is 2.00 bits per heavy atom. The van der Waals surface area contributed by atoms with E-state index in [1.807, 2.05) is 11.8 Å². The van der Waals surface area contributed by atoms with Crippen molar-refractivity contribution in [2.45, 2.75) is 38.0 Å². The zero-order valence-electron chi connectivity index (χ0n) is 8.05. The molecule has 1 nitrogen and oxygen atoms in total. The second-order valence-electron chi connectivity index (χ2n) is 4.26. The predicted octanol–water partition coefficient (Wildman–Crippen LogP) is 2.22. The molecule has 0 spiro atoms. The highest BCUT2D eigenvalue weighted by molar-refractivity contribution is 7.99. The van der Waals surface area contributed by atoms with Gasteiger partial charge < -0.3 is 0 Å². The summed E-state index contributed by atoms with van der Waals surface area (Å²) in [6, 6.07) is 0. The maximum absolute atomic E-state index is 2.58. The van der Waals surface area contributed by atoms with Gasteiger partial charge in [-0.05, 0) is 40.0 Å². The second kappa shape index (κ2) is 3.36. The summed E-state index contributed by atoms with van der Waals surface area (Å²) in [5.74, 6) is 0. The Hall–Kier alpha value is 0.310. The quantitative estimate of drug-likeness (QED) is 0.598. The van der Waals surface area contributed by atoms with Crippen LogP contribution in [0.15, 0.2) is 0 Å². The van der Waals surface area contributed by atoms with E-state index in [-0.39, 0.29) is 0 Å². The summed E-state index contributed by atoms with van der Waals surface area (Å²) < 4.78 is 0. The van der Waals surface area contributed by atoms with Crippen molar-refractivity contribution < 1.29 is 0 Å². The van der Waals surface area contributed by atoms with Gasteiger partial charge in [0.1, 0.15) is 0 Å². The highest BCUT2D eigenvalue weighted by Crippen LogP contribution is 2.26. The van der Waals surface area contributed by atoms with Crippen LogP contribution < -0.4 is 0 Å². The van der Waals surface area contributed by atoms with Crippen LogP contribution in [0.1, 0.15) is 27.2 Å². The third kappa shape index (κ3) is 2.38. The van der Waals surface area contributed by atoms with Crippen LogP contribution in [-0.4, -0.2) is 35.0 Å². The number of hydrogen-bond donors (Lipinski definition) is 0. The molecule has 1 heterocycles. The van der Waals surface area contributed by atoms with Crippen molar-refractivity contribution in [2.24, 2.45) is 0 Å². The first-order valence-electron chi connectivity index (χ1n) is 4.32. The topological polar surface area (TPSA) is 3.24 Å². The second-order valence-corrected chi connectivity index (χ2v) is 5.40. The minimum atomic E-state index is 0.379. The van der Waals surface area contributed by atoms with Crippen LogP contribution >= 0.6 is 11.8 Å². The van der Waals surface area contributed by atoms with Gasteiger partial charge in [-0.1, -0.05) is 0 Å². The fourth-order valence-corrected chi connectivity index (χ4v) is 2.20. The zero-order chi connectivity index (χ0) is 8.48. The lowest BCUT2D eigenvalue weighted by Crippen LogP contribution is -2.39. The maximum atomic E-state index is 2.58. The average molecular weight is 173 g/mol. The van der Waals surface area contributed by atoms with Crippen LogP contribution in [0.3, 0.4) is 0 Å². The van der Waals surface area contributed by atoms with Gasteiger partial charge in [-0.25, -0.2) is 0 Å². The van der Waals surface area contributed by atoms with E-state index in [0.717, 1.165) is 5.25 Å². The summed E-state index contributed by atoms with van der Waals surface area (Å²) in [4.78, 5) is 2.58. The Labute approximate surface area is 74.5 Å². The molecule has 0 bridgehead atoms. The van der Waals surface area contributed by atoms with E-state index < -0.39 is 0 Å². The minimum Gasteiger partial charge on any atom is -0.297 e. The van der Waals surface area contributed by atoms with Crippen molar-refractivity contribution in [3.8, 4) is 0 Å². The van der Waals surface area contributed by atoms with Crippen molar-refractivity contribution in [1.82, 2.24) is 4.90 Å². The van der Waals surface area contributed by atoms with Crippen molar-refractivity contribution in [3.05, 3.63) is 0 Å². The van der Waals surface area contributed by atoms with Crippen LogP contribution in [0.25, 0.3) is 0 Å².